The number of nitrogens with one attached hydrogen (secondary N) is 2. The van der Waals surface area contributed by atoms with E-state index in [9.17, 15) is 0 Å². The molecule has 0 atom stereocenters. The summed E-state index contributed by atoms with van der Waals surface area (Å²) in [5.41, 5.74) is 6.34. The fraction of sp³-hybridized carbons (Fsp3) is 0.167. The van der Waals surface area contributed by atoms with E-state index < -0.39 is 0 Å². The number of aromatic nitrogens is 3. The lowest BCUT2D eigenvalue weighted by Gasteiger charge is -2.05. The Labute approximate surface area is 103 Å². The van der Waals surface area contributed by atoms with Crippen molar-refractivity contribution in [1.82, 2.24) is 15.2 Å². The predicted molar refractivity (Wildman–Crippen MR) is 70.3 cm³/mol. The van der Waals surface area contributed by atoms with Gasteiger partial charge in [0.15, 0.2) is 0 Å². The van der Waals surface area contributed by atoms with Crippen LogP contribution in [-0.4, -0.2) is 15.2 Å². The topological polar surface area (TPSA) is 53.6 Å². The molecule has 2 aromatic heterocycles. The summed E-state index contributed by atoms with van der Waals surface area (Å²) < 4.78 is 1.21. The molecule has 3 aromatic rings. The number of aromatic amines is 1. The Bertz CT molecular complexity index is 641. The summed E-state index contributed by atoms with van der Waals surface area (Å²) in [6.07, 6.45) is 1.85. The third-order valence-corrected chi connectivity index (χ3v) is 3.54. The van der Waals surface area contributed by atoms with Crippen molar-refractivity contribution in [3.63, 3.8) is 0 Å². The van der Waals surface area contributed by atoms with Gasteiger partial charge in [-0.05, 0) is 25.1 Å². The zero-order chi connectivity index (χ0) is 11.7. The van der Waals surface area contributed by atoms with Crippen LogP contribution in [-0.2, 0) is 6.54 Å². The minimum Gasteiger partial charge on any atom is -0.381 e. The Balaban J connectivity index is 1.78. The van der Waals surface area contributed by atoms with Gasteiger partial charge in [0.25, 0.3) is 0 Å². The molecule has 0 saturated carbocycles. The number of aryl methyl sites for hydroxylation is 1. The highest BCUT2D eigenvalue weighted by atomic mass is 32.1. The number of hydrogen-bond acceptors (Lipinski definition) is 4. The second-order valence-electron chi connectivity index (χ2n) is 3.91. The highest BCUT2D eigenvalue weighted by molar-refractivity contribution is 7.16. The normalized spacial score (nSPS) is 10.9. The molecule has 2 N–H and O–H groups in total. The Morgan fingerprint density at radius 1 is 1.41 bits per heavy atom. The van der Waals surface area contributed by atoms with Crippen LogP contribution < -0.4 is 5.32 Å². The van der Waals surface area contributed by atoms with E-state index in [0.717, 1.165) is 23.4 Å². The van der Waals surface area contributed by atoms with Crippen molar-refractivity contribution in [3.8, 4) is 0 Å². The molecule has 0 spiro atoms. The number of nitrogens with zero attached hydrogens (tertiary/aromatic N) is 2. The van der Waals surface area contributed by atoms with Gasteiger partial charge in [-0.25, -0.2) is 4.98 Å². The number of thiazole rings is 1. The number of benzene rings is 1. The molecule has 0 aliphatic rings. The maximum Gasteiger partial charge on any atom is 0.0813 e. The first-order valence-corrected chi connectivity index (χ1v) is 6.27. The number of fused-ring (bicyclic) bond motifs is 1. The molecule has 4 nitrogen and oxygen atoms in total. The molecule has 0 fully saturated rings. The average molecular weight is 244 g/mol. The third kappa shape index (κ3) is 2.01. The first-order chi connectivity index (χ1) is 8.33. The van der Waals surface area contributed by atoms with Crippen LogP contribution in [0.2, 0.25) is 0 Å². The van der Waals surface area contributed by atoms with Gasteiger partial charge in [0.05, 0.1) is 21.9 Å². The molecule has 1 aromatic carbocycles. The van der Waals surface area contributed by atoms with Crippen LogP contribution >= 0.6 is 11.3 Å². The summed E-state index contributed by atoms with van der Waals surface area (Å²) in [5, 5.41) is 10.3. The van der Waals surface area contributed by atoms with Crippen molar-refractivity contribution in [2.24, 2.45) is 0 Å². The lowest BCUT2D eigenvalue weighted by Crippen LogP contribution is -1.99. The zero-order valence-electron chi connectivity index (χ0n) is 9.40. The molecule has 17 heavy (non-hydrogen) atoms. The Kier molecular flexibility index (Phi) is 2.53. The highest BCUT2D eigenvalue weighted by Gasteiger charge is 2.01. The Morgan fingerprint density at radius 3 is 3.18 bits per heavy atom. The molecular formula is C12H12N4S. The Morgan fingerprint density at radius 2 is 2.35 bits per heavy atom. The van der Waals surface area contributed by atoms with E-state index in [0.29, 0.717) is 0 Å². The zero-order valence-corrected chi connectivity index (χ0v) is 10.2. The smallest absolute Gasteiger partial charge is 0.0813 e. The fourth-order valence-electron chi connectivity index (χ4n) is 1.72. The summed E-state index contributed by atoms with van der Waals surface area (Å²) in [4.78, 5) is 4.26. The number of hydrogen-bond donors (Lipinski definition) is 2. The molecule has 0 amide bonds. The quantitative estimate of drug-likeness (QED) is 0.744. The molecule has 0 aliphatic carbocycles. The van der Waals surface area contributed by atoms with Gasteiger partial charge >= 0.3 is 0 Å². The lowest BCUT2D eigenvalue weighted by atomic mass is 10.2. The van der Waals surface area contributed by atoms with Crippen LogP contribution in [0.5, 0.6) is 0 Å². The minimum atomic E-state index is 0.784. The van der Waals surface area contributed by atoms with Crippen LogP contribution in [0, 0.1) is 6.92 Å². The van der Waals surface area contributed by atoms with Gasteiger partial charge in [0.1, 0.15) is 0 Å². The van der Waals surface area contributed by atoms with Crippen LogP contribution in [0.15, 0.2) is 29.9 Å². The van der Waals surface area contributed by atoms with Crippen molar-refractivity contribution in [2.75, 3.05) is 5.32 Å². The van der Waals surface area contributed by atoms with Crippen molar-refractivity contribution in [2.45, 2.75) is 13.5 Å². The fourth-order valence-corrected chi connectivity index (χ4v) is 2.43. The summed E-state index contributed by atoms with van der Waals surface area (Å²) in [7, 11) is 0. The number of anilines is 1. The molecule has 0 bridgehead atoms. The summed E-state index contributed by atoms with van der Waals surface area (Å²) >= 11 is 1.66. The SMILES string of the molecule is Cc1[nH]ncc1CNc1ccc2ncsc2c1. The van der Waals surface area contributed by atoms with E-state index in [1.807, 2.05) is 24.7 Å². The average Bonchev–Trinajstić information content (AvgIpc) is 2.94. The monoisotopic (exact) mass is 244 g/mol. The first-order valence-electron chi connectivity index (χ1n) is 5.39. The second kappa shape index (κ2) is 4.18. The van der Waals surface area contributed by atoms with E-state index in [-0.39, 0.29) is 0 Å². The van der Waals surface area contributed by atoms with Crippen molar-refractivity contribution in [1.29, 1.82) is 0 Å². The van der Waals surface area contributed by atoms with Crippen molar-refractivity contribution >= 4 is 27.2 Å². The van der Waals surface area contributed by atoms with Gasteiger partial charge in [-0.3, -0.25) is 5.10 Å². The number of rotatable bonds is 3. The van der Waals surface area contributed by atoms with Crippen LogP contribution in [0.3, 0.4) is 0 Å². The maximum absolute atomic E-state index is 4.26. The highest BCUT2D eigenvalue weighted by Crippen LogP contribution is 2.22. The predicted octanol–water partition coefficient (Wildman–Crippen LogP) is 2.94. The summed E-state index contributed by atoms with van der Waals surface area (Å²) in [6.45, 7) is 2.81. The third-order valence-electron chi connectivity index (χ3n) is 2.75. The molecule has 2 heterocycles. The van der Waals surface area contributed by atoms with Gasteiger partial charge < -0.3 is 5.32 Å². The van der Waals surface area contributed by atoms with E-state index in [1.54, 1.807) is 11.3 Å². The van der Waals surface area contributed by atoms with Crippen molar-refractivity contribution in [3.05, 3.63) is 41.2 Å². The molecule has 0 saturated heterocycles. The molecule has 0 unspecified atom stereocenters. The lowest BCUT2D eigenvalue weighted by molar-refractivity contribution is 1.04. The molecule has 0 radical (unpaired) electrons. The van der Waals surface area contributed by atoms with Crippen LogP contribution in [0.1, 0.15) is 11.3 Å². The van der Waals surface area contributed by atoms with Gasteiger partial charge in [0, 0.05) is 23.5 Å². The standard InChI is InChI=1S/C12H12N4S/c1-8-9(6-15-16-8)5-13-10-2-3-11-12(4-10)17-7-14-11/h2-4,6-7,13H,5H2,1H3,(H,15,16). The minimum absolute atomic E-state index is 0.784. The second-order valence-corrected chi connectivity index (χ2v) is 4.80. The Hall–Kier alpha value is -1.88. The molecular weight excluding hydrogens is 232 g/mol. The van der Waals surface area contributed by atoms with Crippen LogP contribution in [0.4, 0.5) is 5.69 Å². The van der Waals surface area contributed by atoms with Gasteiger partial charge in [0.2, 0.25) is 0 Å². The molecule has 5 heteroatoms. The van der Waals surface area contributed by atoms with Gasteiger partial charge in [-0.1, -0.05) is 0 Å². The summed E-state index contributed by atoms with van der Waals surface area (Å²) in [5.74, 6) is 0. The van der Waals surface area contributed by atoms with E-state index in [1.165, 1.54) is 10.3 Å². The van der Waals surface area contributed by atoms with Crippen molar-refractivity contribution < 1.29 is 0 Å². The van der Waals surface area contributed by atoms with E-state index in [4.69, 9.17) is 0 Å². The number of H-pyrrole nitrogens is 1. The molecule has 3 rings (SSSR count). The molecule has 86 valence electrons. The first kappa shape index (κ1) is 10.3. The van der Waals surface area contributed by atoms with Crippen LogP contribution in [0.25, 0.3) is 10.2 Å². The molecule has 0 aliphatic heterocycles. The van der Waals surface area contributed by atoms with E-state index in [2.05, 4.69) is 32.6 Å². The largest absolute Gasteiger partial charge is 0.381 e. The van der Waals surface area contributed by atoms with Gasteiger partial charge in [-0.2, -0.15) is 5.10 Å². The maximum atomic E-state index is 4.26. The summed E-state index contributed by atoms with van der Waals surface area (Å²) in [6, 6.07) is 6.22. The van der Waals surface area contributed by atoms with Gasteiger partial charge in [-0.15, -0.1) is 11.3 Å². The van der Waals surface area contributed by atoms with E-state index >= 15 is 0 Å².